The Kier molecular flexibility index (Phi) is 10.7. The van der Waals surface area contributed by atoms with Crippen LogP contribution in [0, 0.1) is 29.1 Å². The van der Waals surface area contributed by atoms with E-state index in [9.17, 15) is 22.8 Å². The molecular weight excluding hydrogens is 749 g/mol. The first-order valence-corrected chi connectivity index (χ1v) is 21.5. The first-order chi connectivity index (χ1) is 27.9. The van der Waals surface area contributed by atoms with E-state index < -0.39 is 80.7 Å². The molecule has 2 saturated carbocycles. The number of ether oxygens (including phenoxy) is 3. The molecule has 13 nitrogen and oxygen atoms in total. The van der Waals surface area contributed by atoms with Crippen molar-refractivity contribution < 1.29 is 45.9 Å². The number of anilines is 1. The molecule has 0 radical (unpaired) electrons. The number of amides is 2. The number of nitrogens with zero attached hydrogens (tertiary/aromatic N) is 3. The molecule has 1 N–H and O–H groups in total. The first-order valence-electron chi connectivity index (χ1n) is 21.5. The van der Waals surface area contributed by atoms with Gasteiger partial charge in [-0.05, 0) is 114 Å². The van der Waals surface area contributed by atoms with E-state index in [1.807, 2.05) is 56.3 Å². The SMILES string of the molecule is [2H]C([2H])([2H])C(C)(C)OC(=O)C[C@@H]1C(=O)N2C[C@H](Oc3nc(N(C)C)cc4cc(OC)ccc34)C[C@H]2C(=O)C[C@]2(C(=O)NS(=O)(=O)C3(C)CC3)C[C@H]2/C=C\CC[C@H](C)C[C@H]1C. The summed E-state index contributed by atoms with van der Waals surface area (Å²) in [6.07, 6.45) is 5.50. The van der Waals surface area contributed by atoms with E-state index in [2.05, 4.69) is 11.6 Å². The Balaban J connectivity index is 1.38. The number of nitrogens with one attached hydrogen (secondary N) is 1. The average Bonchev–Trinajstić information content (AvgIpc) is 4.04. The van der Waals surface area contributed by atoms with Gasteiger partial charge in [-0.25, -0.2) is 8.42 Å². The van der Waals surface area contributed by atoms with Crippen LogP contribution in [-0.4, -0.2) is 92.1 Å². The standard InChI is InChI=1S/C43H60N4O9S/c1-26-12-10-11-13-29-23-43(29,40(51)45-57(52,53)42(6)16-17-42)24-35(48)34-21-31(25-47(34)39(50)33(27(2)18-26)22-37(49)56-41(3,4)5)55-38-32-15-14-30(54-9)19-28(32)20-36(44-38)46(7)8/h11,13-15,19-20,26-27,29,31,33-34H,10,12,16-18,21-25H2,1-9H3,(H,45,51)/b13-11-/t26-,27+,29+,31+,33-,34-,43+/m0/s1/i3D3. The second-order valence-corrected chi connectivity index (χ2v) is 20.1. The topological polar surface area (TPSA) is 162 Å². The van der Waals surface area contributed by atoms with Gasteiger partial charge in [0.15, 0.2) is 5.78 Å². The molecule has 0 spiro atoms. The van der Waals surface area contributed by atoms with Crippen molar-refractivity contribution in [2.45, 2.75) is 122 Å². The maximum Gasteiger partial charge on any atom is 0.307 e. The third kappa shape index (κ3) is 9.26. The summed E-state index contributed by atoms with van der Waals surface area (Å²) in [7, 11) is 1.26. The van der Waals surface area contributed by atoms with Crippen LogP contribution in [0.2, 0.25) is 0 Å². The van der Waals surface area contributed by atoms with Gasteiger partial charge in [0.25, 0.3) is 0 Å². The number of carbonyl (C=O) groups is 4. The summed E-state index contributed by atoms with van der Waals surface area (Å²) in [5.41, 5.74) is -3.15. The lowest BCUT2D eigenvalue weighted by molar-refractivity contribution is -0.160. The summed E-state index contributed by atoms with van der Waals surface area (Å²) in [6, 6.07) is 6.27. The van der Waals surface area contributed by atoms with Crippen LogP contribution in [0.1, 0.15) is 103 Å². The van der Waals surface area contributed by atoms with Crippen molar-refractivity contribution in [3.8, 4) is 11.6 Å². The van der Waals surface area contributed by atoms with Crippen molar-refractivity contribution >= 4 is 50.2 Å². The summed E-state index contributed by atoms with van der Waals surface area (Å²) >= 11 is 0. The number of benzene rings is 1. The molecule has 3 heterocycles. The molecule has 0 bridgehead atoms. The summed E-state index contributed by atoms with van der Waals surface area (Å²) in [4.78, 5) is 65.5. The van der Waals surface area contributed by atoms with Crippen LogP contribution < -0.4 is 19.1 Å². The van der Waals surface area contributed by atoms with Crippen molar-refractivity contribution in [2.75, 3.05) is 32.6 Å². The number of Topliss-reactive ketones (excluding diaryl/α,β-unsaturated/α-hetero) is 1. The van der Waals surface area contributed by atoms with Gasteiger partial charge in [0.05, 0.1) is 42.2 Å². The summed E-state index contributed by atoms with van der Waals surface area (Å²) in [6.45, 7) is 5.46. The Morgan fingerprint density at radius 2 is 1.88 bits per heavy atom. The van der Waals surface area contributed by atoms with Gasteiger partial charge in [-0.1, -0.05) is 26.0 Å². The number of allylic oxidation sites excluding steroid dienone is 2. The van der Waals surface area contributed by atoms with Crippen LogP contribution in [0.4, 0.5) is 5.82 Å². The Labute approximate surface area is 341 Å². The summed E-state index contributed by atoms with van der Waals surface area (Å²) in [5.74, 6) is -2.62. The highest BCUT2D eigenvalue weighted by atomic mass is 32.2. The molecule has 2 aromatic rings. The molecule has 1 saturated heterocycles. The van der Waals surface area contributed by atoms with Crippen molar-refractivity contribution in [3.63, 3.8) is 0 Å². The predicted molar refractivity (Wildman–Crippen MR) is 217 cm³/mol. The minimum atomic E-state index is -4.00. The highest BCUT2D eigenvalue weighted by Crippen LogP contribution is 2.58. The minimum absolute atomic E-state index is 0.0404. The fourth-order valence-electron chi connectivity index (χ4n) is 8.39. The molecule has 2 aliphatic heterocycles. The van der Waals surface area contributed by atoms with Crippen molar-refractivity contribution in [1.29, 1.82) is 0 Å². The molecule has 1 aromatic heterocycles. The normalized spacial score (nSPS) is 30.6. The summed E-state index contributed by atoms with van der Waals surface area (Å²) < 4.78 is 69.2. The largest absolute Gasteiger partial charge is 0.497 e. The molecular formula is C43H60N4O9S. The number of methoxy groups -OCH3 is 1. The van der Waals surface area contributed by atoms with E-state index in [-0.39, 0.29) is 49.4 Å². The van der Waals surface area contributed by atoms with Crippen LogP contribution in [0.25, 0.3) is 10.8 Å². The molecule has 0 unspecified atom stereocenters. The van der Waals surface area contributed by atoms with Crippen LogP contribution in [-0.2, 0) is 33.9 Å². The third-order valence-electron chi connectivity index (χ3n) is 12.3. The lowest BCUT2D eigenvalue weighted by Crippen LogP contribution is -2.48. The predicted octanol–water partition coefficient (Wildman–Crippen LogP) is 5.98. The van der Waals surface area contributed by atoms with Gasteiger partial charge in [-0.3, -0.25) is 23.9 Å². The number of sulfonamides is 1. The van der Waals surface area contributed by atoms with E-state index in [1.54, 1.807) is 20.1 Å². The number of pyridine rings is 1. The number of carbonyl (C=O) groups excluding carboxylic acids is 4. The lowest BCUT2D eigenvalue weighted by atomic mass is 9.82. The molecule has 6 rings (SSSR count). The number of hydrogen-bond donors (Lipinski definition) is 1. The molecule has 14 heteroatoms. The second kappa shape index (κ2) is 15.9. The number of rotatable bonds is 9. The number of aromatic nitrogens is 1. The third-order valence-corrected chi connectivity index (χ3v) is 14.4. The van der Waals surface area contributed by atoms with Gasteiger partial charge in [-0.15, -0.1) is 0 Å². The van der Waals surface area contributed by atoms with Gasteiger partial charge in [0.1, 0.15) is 23.3 Å². The van der Waals surface area contributed by atoms with Crippen molar-refractivity contribution in [1.82, 2.24) is 14.6 Å². The average molecular weight is 812 g/mol. The minimum Gasteiger partial charge on any atom is -0.497 e. The fraction of sp³-hybridized carbons (Fsp3) is 0.651. The number of esters is 1. The molecule has 2 amide bonds. The second-order valence-electron chi connectivity index (χ2n) is 17.9. The van der Waals surface area contributed by atoms with E-state index in [1.165, 1.54) is 18.7 Å². The summed E-state index contributed by atoms with van der Waals surface area (Å²) in [5, 5.41) is 1.47. The van der Waals surface area contributed by atoms with E-state index in [0.29, 0.717) is 42.6 Å². The monoisotopic (exact) mass is 811 g/mol. The zero-order valence-corrected chi connectivity index (χ0v) is 35.2. The van der Waals surface area contributed by atoms with Gasteiger partial charge in [0, 0.05) is 36.4 Å². The zero-order chi connectivity index (χ0) is 44.2. The molecule has 4 aliphatic rings. The number of hydrogen-bond acceptors (Lipinski definition) is 11. The highest BCUT2D eigenvalue weighted by Gasteiger charge is 2.62. The van der Waals surface area contributed by atoms with Gasteiger partial charge < -0.3 is 24.0 Å². The Hall–Kier alpha value is -4.20. The first kappa shape index (κ1) is 38.3. The maximum atomic E-state index is 15.1. The van der Waals surface area contributed by atoms with Gasteiger partial charge in [-0.2, -0.15) is 4.98 Å². The lowest BCUT2D eigenvalue weighted by Gasteiger charge is -2.32. The molecule has 3 fully saturated rings. The highest BCUT2D eigenvalue weighted by molar-refractivity contribution is 7.91. The smallest absolute Gasteiger partial charge is 0.307 e. The number of ketones is 1. The van der Waals surface area contributed by atoms with Crippen LogP contribution in [0.5, 0.6) is 11.6 Å². The molecule has 312 valence electrons. The van der Waals surface area contributed by atoms with Gasteiger partial charge >= 0.3 is 5.97 Å². The quantitative estimate of drug-likeness (QED) is 0.234. The van der Waals surface area contributed by atoms with Crippen LogP contribution >= 0.6 is 0 Å². The maximum absolute atomic E-state index is 15.1. The fourth-order valence-corrected chi connectivity index (χ4v) is 9.72. The number of fused-ring (bicyclic) bond motifs is 3. The molecule has 1 aromatic carbocycles. The Bertz CT molecular complexity index is 2160. The molecule has 7 atom stereocenters. The Morgan fingerprint density at radius 1 is 1.14 bits per heavy atom. The van der Waals surface area contributed by atoms with Crippen LogP contribution in [0.3, 0.4) is 0 Å². The zero-order valence-electron chi connectivity index (χ0n) is 37.4. The molecule has 57 heavy (non-hydrogen) atoms. The van der Waals surface area contributed by atoms with Crippen molar-refractivity contribution in [3.05, 3.63) is 36.4 Å². The van der Waals surface area contributed by atoms with Crippen molar-refractivity contribution in [2.24, 2.45) is 29.1 Å². The van der Waals surface area contributed by atoms with E-state index in [4.69, 9.17) is 23.3 Å². The molecule has 2 aliphatic carbocycles. The van der Waals surface area contributed by atoms with Gasteiger partial charge in [0.2, 0.25) is 27.7 Å². The van der Waals surface area contributed by atoms with Crippen LogP contribution in [0.15, 0.2) is 36.4 Å². The van der Waals surface area contributed by atoms with E-state index >= 15 is 4.79 Å². The van der Waals surface area contributed by atoms with E-state index in [0.717, 1.165) is 11.8 Å². The Morgan fingerprint density at radius 3 is 2.54 bits per heavy atom.